The van der Waals surface area contributed by atoms with Gasteiger partial charge in [-0.1, -0.05) is 24.3 Å². The summed E-state index contributed by atoms with van der Waals surface area (Å²) < 4.78 is 27.6. The monoisotopic (exact) mass is 429 g/mol. The van der Waals surface area contributed by atoms with E-state index in [1.54, 1.807) is 17.0 Å². The van der Waals surface area contributed by atoms with Crippen LogP contribution in [0.1, 0.15) is 25.0 Å². The van der Waals surface area contributed by atoms with Crippen molar-refractivity contribution in [3.8, 4) is 0 Å². The second kappa shape index (κ2) is 9.29. The van der Waals surface area contributed by atoms with Gasteiger partial charge in [0, 0.05) is 38.4 Å². The molecule has 1 fully saturated rings. The zero-order valence-corrected chi connectivity index (χ0v) is 19.0. The van der Waals surface area contributed by atoms with Crippen molar-refractivity contribution in [3.05, 3.63) is 59.7 Å². The summed E-state index contributed by atoms with van der Waals surface area (Å²) in [5, 5.41) is 0. The summed E-state index contributed by atoms with van der Waals surface area (Å²) in [5.74, 6) is 0.0363. The molecule has 0 saturated carbocycles. The number of nitrogens with zero attached hydrogens (tertiary/aromatic N) is 3. The number of amides is 1. The minimum atomic E-state index is -3.52. The Hall–Kier alpha value is -2.22. The Balaban J connectivity index is 1.67. The fourth-order valence-electron chi connectivity index (χ4n) is 3.81. The van der Waals surface area contributed by atoms with Crippen molar-refractivity contribution in [3.63, 3.8) is 0 Å². The number of piperazine rings is 1. The first-order valence-corrected chi connectivity index (χ1v) is 11.9. The Bertz CT molecular complexity index is 984. The lowest BCUT2D eigenvalue weighted by molar-refractivity contribution is -0.123. The molecule has 1 heterocycles. The number of hydrogen-bond acceptors (Lipinski definition) is 4. The second-order valence-electron chi connectivity index (χ2n) is 7.78. The second-order valence-corrected chi connectivity index (χ2v) is 9.72. The predicted molar refractivity (Wildman–Crippen MR) is 120 cm³/mol. The molecule has 162 valence electrons. The van der Waals surface area contributed by atoms with Gasteiger partial charge in [-0.2, -0.15) is 4.31 Å². The zero-order valence-electron chi connectivity index (χ0n) is 18.2. The topological polar surface area (TPSA) is 60.9 Å². The molecule has 0 N–H and O–H groups in total. The van der Waals surface area contributed by atoms with Crippen molar-refractivity contribution in [2.75, 3.05) is 37.6 Å². The Morgan fingerprint density at radius 2 is 1.63 bits per heavy atom. The average molecular weight is 430 g/mol. The normalized spacial score (nSPS) is 16.9. The molecule has 7 heteroatoms. The molecule has 1 aliphatic rings. The zero-order chi connectivity index (χ0) is 21.9. The molecule has 0 spiro atoms. The summed E-state index contributed by atoms with van der Waals surface area (Å²) in [7, 11) is -3.52. The maximum atomic E-state index is 13.1. The molecule has 6 nitrogen and oxygen atoms in total. The van der Waals surface area contributed by atoms with Gasteiger partial charge in [0.15, 0.2) is 0 Å². The van der Waals surface area contributed by atoms with Crippen molar-refractivity contribution in [2.45, 2.75) is 38.6 Å². The Morgan fingerprint density at radius 1 is 1.00 bits per heavy atom. The summed E-state index contributed by atoms with van der Waals surface area (Å²) in [6, 6.07) is 14.6. The van der Waals surface area contributed by atoms with Crippen molar-refractivity contribution >= 4 is 21.6 Å². The van der Waals surface area contributed by atoms with Gasteiger partial charge in [0.2, 0.25) is 15.9 Å². The molecule has 1 amide bonds. The van der Waals surface area contributed by atoms with Crippen LogP contribution in [0.25, 0.3) is 0 Å². The van der Waals surface area contributed by atoms with E-state index in [0.29, 0.717) is 37.6 Å². The van der Waals surface area contributed by atoms with E-state index in [2.05, 4.69) is 4.90 Å². The van der Waals surface area contributed by atoms with E-state index in [0.717, 1.165) is 16.8 Å². The minimum Gasteiger partial charge on any atom is -0.311 e. The highest BCUT2D eigenvalue weighted by molar-refractivity contribution is 7.89. The SMILES string of the molecule is CCN(C(=O)[C@@H](C)N1CCN(S(=O)(=O)c2ccc(C)c(C)c2)CC1)c1ccccc1. The fourth-order valence-corrected chi connectivity index (χ4v) is 5.32. The third-order valence-corrected chi connectivity index (χ3v) is 7.84. The third-order valence-electron chi connectivity index (χ3n) is 5.94. The number of para-hydroxylation sites is 1. The highest BCUT2D eigenvalue weighted by atomic mass is 32.2. The van der Waals surface area contributed by atoms with Crippen LogP contribution in [-0.2, 0) is 14.8 Å². The van der Waals surface area contributed by atoms with Crippen LogP contribution in [0, 0.1) is 13.8 Å². The van der Waals surface area contributed by atoms with Crippen molar-refractivity contribution in [1.82, 2.24) is 9.21 Å². The predicted octanol–water partition coefficient (Wildman–Crippen LogP) is 3.05. The Labute approximate surface area is 180 Å². The number of aryl methyl sites for hydroxylation is 2. The maximum absolute atomic E-state index is 13.1. The summed E-state index contributed by atoms with van der Waals surface area (Å²) in [6.45, 7) is 10.2. The highest BCUT2D eigenvalue weighted by Gasteiger charge is 2.33. The molecule has 3 rings (SSSR count). The van der Waals surface area contributed by atoms with E-state index in [1.807, 2.05) is 64.1 Å². The van der Waals surface area contributed by atoms with Crippen LogP contribution in [0.2, 0.25) is 0 Å². The van der Waals surface area contributed by atoms with E-state index in [1.165, 1.54) is 4.31 Å². The van der Waals surface area contributed by atoms with Gasteiger partial charge >= 0.3 is 0 Å². The van der Waals surface area contributed by atoms with E-state index >= 15 is 0 Å². The standard InChI is InChI=1S/C23H31N3O3S/c1-5-26(21-9-7-6-8-10-21)23(27)20(4)24-13-15-25(16-14-24)30(28,29)22-12-11-18(2)19(3)17-22/h6-12,17,20H,5,13-16H2,1-4H3/t20-/m1/s1. The van der Waals surface area contributed by atoms with Crippen LogP contribution < -0.4 is 4.90 Å². The molecule has 1 saturated heterocycles. The lowest BCUT2D eigenvalue weighted by atomic mass is 10.1. The summed E-state index contributed by atoms with van der Waals surface area (Å²) >= 11 is 0. The molecule has 2 aromatic carbocycles. The molecule has 1 atom stereocenters. The van der Waals surface area contributed by atoms with E-state index < -0.39 is 10.0 Å². The number of likely N-dealkylation sites (N-methyl/N-ethyl adjacent to an activating group) is 1. The minimum absolute atomic E-state index is 0.0363. The average Bonchev–Trinajstić information content (AvgIpc) is 2.76. The molecule has 2 aromatic rings. The van der Waals surface area contributed by atoms with Crippen molar-refractivity contribution in [1.29, 1.82) is 0 Å². The third kappa shape index (κ3) is 4.58. The summed E-state index contributed by atoms with van der Waals surface area (Å²) in [5.41, 5.74) is 2.92. The molecule has 0 radical (unpaired) electrons. The fraction of sp³-hybridized carbons (Fsp3) is 0.435. The molecular weight excluding hydrogens is 398 g/mol. The van der Waals surface area contributed by atoms with Crippen LogP contribution in [0.15, 0.2) is 53.4 Å². The molecule has 0 aromatic heterocycles. The van der Waals surface area contributed by atoms with Crippen molar-refractivity contribution < 1.29 is 13.2 Å². The first-order valence-electron chi connectivity index (χ1n) is 10.4. The highest BCUT2D eigenvalue weighted by Crippen LogP contribution is 2.22. The quantitative estimate of drug-likeness (QED) is 0.708. The number of rotatable bonds is 6. The molecule has 1 aliphatic heterocycles. The van der Waals surface area contributed by atoms with E-state index in [4.69, 9.17) is 0 Å². The molecule has 0 aliphatic carbocycles. The lowest BCUT2D eigenvalue weighted by Crippen LogP contribution is -2.55. The number of benzene rings is 2. The maximum Gasteiger partial charge on any atom is 0.244 e. The number of hydrogen-bond donors (Lipinski definition) is 0. The summed E-state index contributed by atoms with van der Waals surface area (Å²) in [4.78, 5) is 17.3. The van der Waals surface area contributed by atoms with Gasteiger partial charge < -0.3 is 4.90 Å². The van der Waals surface area contributed by atoms with Crippen LogP contribution in [-0.4, -0.2) is 62.3 Å². The molecule has 0 bridgehead atoms. The van der Waals surface area contributed by atoms with Gasteiger partial charge in [-0.15, -0.1) is 0 Å². The van der Waals surface area contributed by atoms with Crippen LogP contribution in [0.4, 0.5) is 5.69 Å². The lowest BCUT2D eigenvalue weighted by Gasteiger charge is -2.38. The number of sulfonamides is 1. The number of carbonyl (C=O) groups is 1. The molecular formula is C23H31N3O3S. The summed E-state index contributed by atoms with van der Waals surface area (Å²) in [6.07, 6.45) is 0. The van der Waals surface area contributed by atoms with Gasteiger partial charge in [0.1, 0.15) is 0 Å². The number of anilines is 1. The largest absolute Gasteiger partial charge is 0.311 e. The first-order chi connectivity index (χ1) is 14.3. The van der Waals surface area contributed by atoms with E-state index in [-0.39, 0.29) is 11.9 Å². The molecule has 30 heavy (non-hydrogen) atoms. The van der Waals surface area contributed by atoms with Crippen LogP contribution in [0.3, 0.4) is 0 Å². The van der Waals surface area contributed by atoms with Crippen LogP contribution >= 0.6 is 0 Å². The van der Waals surface area contributed by atoms with E-state index in [9.17, 15) is 13.2 Å². The van der Waals surface area contributed by atoms with Gasteiger partial charge in [-0.25, -0.2) is 8.42 Å². The van der Waals surface area contributed by atoms with Gasteiger partial charge in [0.25, 0.3) is 0 Å². The van der Waals surface area contributed by atoms with Gasteiger partial charge in [-0.3, -0.25) is 9.69 Å². The number of carbonyl (C=O) groups excluding carboxylic acids is 1. The van der Waals surface area contributed by atoms with Crippen LogP contribution in [0.5, 0.6) is 0 Å². The Morgan fingerprint density at radius 3 is 2.20 bits per heavy atom. The van der Waals surface area contributed by atoms with Gasteiger partial charge in [0.05, 0.1) is 10.9 Å². The first kappa shape index (κ1) is 22.5. The van der Waals surface area contributed by atoms with Gasteiger partial charge in [-0.05, 0) is 63.1 Å². The smallest absolute Gasteiger partial charge is 0.244 e. The van der Waals surface area contributed by atoms with Crippen molar-refractivity contribution in [2.24, 2.45) is 0 Å². The molecule has 0 unspecified atom stereocenters. The Kier molecular flexibility index (Phi) is 6.95.